The largest absolute Gasteiger partial charge is 0.489 e. The van der Waals surface area contributed by atoms with E-state index in [-0.39, 0.29) is 13.2 Å². The van der Waals surface area contributed by atoms with E-state index in [1.165, 1.54) is 0 Å². The van der Waals surface area contributed by atoms with Crippen molar-refractivity contribution in [2.24, 2.45) is 0 Å². The minimum atomic E-state index is -0.486. The van der Waals surface area contributed by atoms with E-state index in [9.17, 15) is 5.11 Å². The first kappa shape index (κ1) is 16.0. The van der Waals surface area contributed by atoms with Crippen molar-refractivity contribution in [3.63, 3.8) is 0 Å². The van der Waals surface area contributed by atoms with Gasteiger partial charge in [0.2, 0.25) is 0 Å². The fourth-order valence-corrected chi connectivity index (χ4v) is 2.10. The van der Waals surface area contributed by atoms with Gasteiger partial charge >= 0.3 is 0 Å². The molecule has 2 aromatic carbocycles. The summed E-state index contributed by atoms with van der Waals surface area (Å²) >= 11 is 0. The number of nitrogens with zero attached hydrogens (tertiary/aromatic N) is 1. The van der Waals surface area contributed by atoms with Crippen LogP contribution in [0.25, 0.3) is 0 Å². The molecule has 0 aliphatic carbocycles. The van der Waals surface area contributed by atoms with Gasteiger partial charge in [-0.15, -0.1) is 0 Å². The first-order chi connectivity index (χ1) is 10.8. The van der Waals surface area contributed by atoms with Gasteiger partial charge < -0.3 is 14.6 Å². The standard InChI is InChI=1S/C18H19NO3/c19-11-6-12-21-18(13-20)16-9-4-5-10-17(16)22-14-15-7-2-1-3-8-15/h1-5,7-10,18,20H,6,12-14H2/t18-/m0/s1. The molecule has 1 atom stereocenters. The Morgan fingerprint density at radius 3 is 2.50 bits per heavy atom. The number of aliphatic hydroxyl groups is 1. The summed E-state index contributed by atoms with van der Waals surface area (Å²) in [5.41, 5.74) is 1.86. The monoisotopic (exact) mass is 297 g/mol. The number of benzene rings is 2. The van der Waals surface area contributed by atoms with Crippen LogP contribution in [0.5, 0.6) is 5.75 Å². The molecular formula is C18H19NO3. The first-order valence-electron chi connectivity index (χ1n) is 7.20. The Kier molecular flexibility index (Phi) is 6.43. The Hall–Kier alpha value is -2.35. The zero-order chi connectivity index (χ0) is 15.6. The van der Waals surface area contributed by atoms with Gasteiger partial charge in [0.05, 0.1) is 25.7 Å². The highest BCUT2D eigenvalue weighted by Gasteiger charge is 2.15. The Labute approximate surface area is 130 Å². The average Bonchev–Trinajstić information content (AvgIpc) is 2.58. The second-order valence-electron chi connectivity index (χ2n) is 4.76. The van der Waals surface area contributed by atoms with Crippen LogP contribution in [0.2, 0.25) is 0 Å². The van der Waals surface area contributed by atoms with Crippen LogP contribution in [-0.2, 0) is 11.3 Å². The highest BCUT2D eigenvalue weighted by atomic mass is 16.5. The minimum absolute atomic E-state index is 0.156. The van der Waals surface area contributed by atoms with Crippen LogP contribution in [0.15, 0.2) is 54.6 Å². The van der Waals surface area contributed by atoms with Crippen molar-refractivity contribution < 1.29 is 14.6 Å². The van der Waals surface area contributed by atoms with Gasteiger partial charge in [-0.2, -0.15) is 5.26 Å². The number of nitriles is 1. The molecule has 0 spiro atoms. The van der Waals surface area contributed by atoms with Crippen LogP contribution in [0, 0.1) is 11.3 Å². The Balaban J connectivity index is 2.06. The molecule has 0 unspecified atom stereocenters. The Morgan fingerprint density at radius 2 is 1.77 bits per heavy atom. The van der Waals surface area contributed by atoms with Crippen molar-refractivity contribution in [1.82, 2.24) is 0 Å². The van der Waals surface area contributed by atoms with Gasteiger partial charge in [-0.1, -0.05) is 48.5 Å². The van der Waals surface area contributed by atoms with Crippen molar-refractivity contribution in [1.29, 1.82) is 5.26 Å². The summed E-state index contributed by atoms with van der Waals surface area (Å²) in [6.07, 6.45) is -0.191. The van der Waals surface area contributed by atoms with Crippen molar-refractivity contribution >= 4 is 0 Å². The van der Waals surface area contributed by atoms with Gasteiger partial charge in [-0.05, 0) is 11.6 Å². The maximum absolute atomic E-state index is 9.53. The molecule has 4 nitrogen and oxygen atoms in total. The molecule has 0 heterocycles. The van der Waals surface area contributed by atoms with Gasteiger partial charge in [-0.25, -0.2) is 0 Å². The number of para-hydroxylation sites is 1. The number of ether oxygens (including phenoxy) is 2. The van der Waals surface area contributed by atoms with E-state index in [1.54, 1.807) is 0 Å². The maximum Gasteiger partial charge on any atom is 0.125 e. The first-order valence-corrected chi connectivity index (χ1v) is 7.20. The lowest BCUT2D eigenvalue weighted by Gasteiger charge is -2.19. The second kappa shape index (κ2) is 8.83. The molecule has 0 saturated heterocycles. The van der Waals surface area contributed by atoms with Crippen LogP contribution in [0.1, 0.15) is 23.7 Å². The molecule has 114 valence electrons. The number of rotatable bonds is 8. The Bertz CT molecular complexity index is 607. The van der Waals surface area contributed by atoms with E-state index in [0.29, 0.717) is 18.8 Å². The molecule has 0 aliphatic heterocycles. The van der Waals surface area contributed by atoms with E-state index >= 15 is 0 Å². The number of hydrogen-bond donors (Lipinski definition) is 1. The van der Waals surface area contributed by atoms with Crippen molar-refractivity contribution in [3.8, 4) is 11.8 Å². The molecular weight excluding hydrogens is 278 g/mol. The highest BCUT2D eigenvalue weighted by molar-refractivity contribution is 5.35. The summed E-state index contributed by atoms with van der Waals surface area (Å²) in [6, 6.07) is 19.4. The molecule has 0 amide bonds. The third-order valence-corrected chi connectivity index (χ3v) is 3.20. The lowest BCUT2D eigenvalue weighted by Crippen LogP contribution is -2.11. The predicted octanol–water partition coefficient (Wildman–Crippen LogP) is 3.23. The van der Waals surface area contributed by atoms with Crippen LogP contribution in [-0.4, -0.2) is 18.3 Å². The van der Waals surface area contributed by atoms with Gasteiger partial charge in [-0.3, -0.25) is 0 Å². The molecule has 0 bridgehead atoms. The molecule has 4 heteroatoms. The predicted molar refractivity (Wildman–Crippen MR) is 83.2 cm³/mol. The smallest absolute Gasteiger partial charge is 0.125 e. The van der Waals surface area contributed by atoms with E-state index in [4.69, 9.17) is 14.7 Å². The van der Waals surface area contributed by atoms with E-state index in [0.717, 1.165) is 11.1 Å². The quantitative estimate of drug-likeness (QED) is 0.760. The highest BCUT2D eigenvalue weighted by Crippen LogP contribution is 2.28. The second-order valence-corrected chi connectivity index (χ2v) is 4.76. The fraction of sp³-hybridized carbons (Fsp3) is 0.278. The van der Waals surface area contributed by atoms with Gasteiger partial charge in [0, 0.05) is 5.56 Å². The summed E-state index contributed by atoms with van der Waals surface area (Å²) in [5, 5.41) is 18.1. The molecule has 0 radical (unpaired) electrons. The SMILES string of the molecule is N#CCCO[C@@H](CO)c1ccccc1OCc1ccccc1. The summed E-state index contributed by atoms with van der Waals surface area (Å²) in [6.45, 7) is 0.583. The van der Waals surface area contributed by atoms with Crippen LogP contribution in [0.4, 0.5) is 0 Å². The number of aliphatic hydroxyl groups excluding tert-OH is 1. The van der Waals surface area contributed by atoms with E-state index in [2.05, 4.69) is 0 Å². The molecule has 0 aromatic heterocycles. The third kappa shape index (κ3) is 4.59. The molecule has 2 aromatic rings. The summed E-state index contributed by atoms with van der Waals surface area (Å²) in [4.78, 5) is 0. The summed E-state index contributed by atoms with van der Waals surface area (Å²) in [5.74, 6) is 0.683. The van der Waals surface area contributed by atoms with Crippen LogP contribution in [0.3, 0.4) is 0 Å². The van der Waals surface area contributed by atoms with E-state index in [1.807, 2.05) is 60.7 Å². The molecule has 0 aliphatic rings. The van der Waals surface area contributed by atoms with Gasteiger partial charge in [0.25, 0.3) is 0 Å². The van der Waals surface area contributed by atoms with Crippen LogP contribution < -0.4 is 4.74 Å². The fourth-order valence-electron chi connectivity index (χ4n) is 2.10. The third-order valence-electron chi connectivity index (χ3n) is 3.20. The van der Waals surface area contributed by atoms with Crippen molar-refractivity contribution in [2.75, 3.05) is 13.2 Å². The van der Waals surface area contributed by atoms with E-state index < -0.39 is 6.10 Å². The molecule has 2 rings (SSSR count). The topological polar surface area (TPSA) is 62.5 Å². The van der Waals surface area contributed by atoms with Crippen molar-refractivity contribution in [3.05, 3.63) is 65.7 Å². The van der Waals surface area contributed by atoms with Gasteiger partial charge in [0.1, 0.15) is 18.5 Å². The Morgan fingerprint density at radius 1 is 1.05 bits per heavy atom. The minimum Gasteiger partial charge on any atom is -0.489 e. The summed E-state index contributed by atoms with van der Waals surface area (Å²) < 4.78 is 11.4. The zero-order valence-electron chi connectivity index (χ0n) is 12.3. The molecule has 1 N–H and O–H groups in total. The molecule has 0 fully saturated rings. The van der Waals surface area contributed by atoms with Gasteiger partial charge in [0.15, 0.2) is 0 Å². The van der Waals surface area contributed by atoms with Crippen LogP contribution >= 0.6 is 0 Å². The lowest BCUT2D eigenvalue weighted by molar-refractivity contribution is 0.0128. The zero-order valence-corrected chi connectivity index (χ0v) is 12.3. The molecule has 0 saturated carbocycles. The lowest BCUT2D eigenvalue weighted by atomic mass is 10.1. The normalized spacial score (nSPS) is 11.6. The average molecular weight is 297 g/mol. The summed E-state index contributed by atoms with van der Waals surface area (Å²) in [7, 11) is 0. The maximum atomic E-state index is 9.53. The molecule has 22 heavy (non-hydrogen) atoms. The number of hydrogen-bond acceptors (Lipinski definition) is 4. The van der Waals surface area contributed by atoms with Crippen molar-refractivity contribution in [2.45, 2.75) is 19.1 Å².